The molecule has 1 atom stereocenters. The van der Waals surface area contributed by atoms with Crippen molar-refractivity contribution in [2.45, 2.75) is 61.4 Å². The highest BCUT2D eigenvalue weighted by Crippen LogP contribution is 2.59. The summed E-state index contributed by atoms with van der Waals surface area (Å²) < 4.78 is 99.3. The van der Waals surface area contributed by atoms with Crippen LogP contribution in [0.25, 0.3) is 0 Å². The van der Waals surface area contributed by atoms with Gasteiger partial charge < -0.3 is 10.1 Å². The van der Waals surface area contributed by atoms with E-state index in [1.54, 1.807) is 23.9 Å². The standard InChI is InChI=1S/C30H27ClF5N3O4S2/c31-23-13-19(30(34,35)36)15-37-24(23)16-38-27(40)18-6-7-25-22(12-18)29(8-10-44-11-9-29)26(17-4-5-17)39(25)45(41,42)21-3-1-2-20(14-21)43-28(32)33/h1-3,6-7,12-15,17,26,28H,4-5,8-11,16H2,(H,38,40). The third-order valence-corrected chi connectivity index (χ3v) is 11.7. The Hall–Kier alpha value is -3.10. The van der Waals surface area contributed by atoms with E-state index in [0.29, 0.717) is 24.7 Å². The molecule has 1 N–H and O–H groups in total. The van der Waals surface area contributed by atoms with Crippen molar-refractivity contribution in [2.24, 2.45) is 5.92 Å². The Bertz CT molecular complexity index is 1730. The van der Waals surface area contributed by atoms with Crippen LogP contribution in [0.5, 0.6) is 5.75 Å². The number of hydrogen-bond donors (Lipinski definition) is 1. The van der Waals surface area contributed by atoms with Gasteiger partial charge in [-0.2, -0.15) is 33.7 Å². The molecule has 3 heterocycles. The Morgan fingerprint density at radius 3 is 2.51 bits per heavy atom. The Kier molecular flexibility index (Phi) is 8.44. The molecule has 2 aromatic carbocycles. The van der Waals surface area contributed by atoms with Gasteiger partial charge in [0, 0.05) is 23.2 Å². The van der Waals surface area contributed by atoms with Crippen molar-refractivity contribution in [3.63, 3.8) is 0 Å². The summed E-state index contributed by atoms with van der Waals surface area (Å²) in [6, 6.07) is 10.2. The highest BCUT2D eigenvalue weighted by atomic mass is 35.5. The van der Waals surface area contributed by atoms with E-state index in [9.17, 15) is 35.2 Å². The van der Waals surface area contributed by atoms with Gasteiger partial charge in [-0.15, -0.1) is 0 Å². The summed E-state index contributed by atoms with van der Waals surface area (Å²) in [5, 5.41) is 2.41. The van der Waals surface area contributed by atoms with E-state index in [1.807, 2.05) is 0 Å². The number of ether oxygens (including phenoxy) is 1. The number of sulfonamides is 1. The monoisotopic (exact) mass is 687 g/mol. The summed E-state index contributed by atoms with van der Waals surface area (Å²) in [6.07, 6.45) is -0.926. The fourth-order valence-corrected chi connectivity index (χ4v) is 9.67. The lowest BCUT2D eigenvalue weighted by atomic mass is 9.70. The second-order valence-electron chi connectivity index (χ2n) is 11.3. The van der Waals surface area contributed by atoms with E-state index in [2.05, 4.69) is 15.0 Å². The van der Waals surface area contributed by atoms with Crippen LogP contribution in [0, 0.1) is 5.92 Å². The molecule has 3 aliphatic rings. The van der Waals surface area contributed by atoms with Gasteiger partial charge in [-0.1, -0.05) is 17.7 Å². The number of fused-ring (bicyclic) bond motifs is 2. The van der Waals surface area contributed by atoms with E-state index in [-0.39, 0.29) is 39.4 Å². The zero-order valence-electron chi connectivity index (χ0n) is 23.5. The van der Waals surface area contributed by atoms with Gasteiger partial charge in [-0.3, -0.25) is 14.1 Å². The molecule has 7 nitrogen and oxygen atoms in total. The molecule has 3 aromatic rings. The zero-order valence-corrected chi connectivity index (χ0v) is 25.9. The molecule has 2 fully saturated rings. The number of nitrogens with one attached hydrogen (secondary N) is 1. The van der Waals surface area contributed by atoms with Crippen molar-refractivity contribution in [3.05, 3.63) is 82.1 Å². The Morgan fingerprint density at radius 2 is 1.87 bits per heavy atom. The molecule has 45 heavy (non-hydrogen) atoms. The molecule has 1 amide bonds. The minimum atomic E-state index is -4.61. The largest absolute Gasteiger partial charge is 0.435 e. The number of thioether (sulfide) groups is 1. The van der Waals surface area contributed by atoms with Crippen molar-refractivity contribution in [2.75, 3.05) is 15.8 Å². The number of carbonyl (C=O) groups is 1. The van der Waals surface area contributed by atoms with Crippen molar-refractivity contribution < 1.29 is 39.9 Å². The second kappa shape index (κ2) is 11.9. The molecular weight excluding hydrogens is 661 g/mol. The lowest BCUT2D eigenvalue weighted by Gasteiger charge is -2.41. The maximum Gasteiger partial charge on any atom is 0.417 e. The topological polar surface area (TPSA) is 88.6 Å². The molecule has 2 aliphatic heterocycles. The normalized spacial score (nSPS) is 19.5. The van der Waals surface area contributed by atoms with Gasteiger partial charge in [-0.25, -0.2) is 8.42 Å². The number of amides is 1. The van der Waals surface area contributed by atoms with Gasteiger partial charge in [0.1, 0.15) is 5.75 Å². The summed E-state index contributed by atoms with van der Waals surface area (Å²) >= 11 is 7.78. The van der Waals surface area contributed by atoms with E-state index < -0.39 is 45.7 Å². The molecule has 240 valence electrons. The number of rotatable bonds is 8. The summed E-state index contributed by atoms with van der Waals surface area (Å²) in [6.45, 7) is -3.34. The first kappa shape index (κ1) is 31.9. The van der Waals surface area contributed by atoms with Gasteiger partial charge in [0.2, 0.25) is 0 Å². The summed E-state index contributed by atoms with van der Waals surface area (Å²) in [4.78, 5) is 16.9. The van der Waals surface area contributed by atoms with Gasteiger partial charge in [0.15, 0.2) is 0 Å². The first-order valence-electron chi connectivity index (χ1n) is 14.1. The minimum absolute atomic E-state index is 0.0593. The molecule has 1 spiro atoms. The predicted molar refractivity (Wildman–Crippen MR) is 159 cm³/mol. The third-order valence-electron chi connectivity index (χ3n) is 8.55. The quantitative estimate of drug-likeness (QED) is 0.256. The predicted octanol–water partition coefficient (Wildman–Crippen LogP) is 7.04. The van der Waals surface area contributed by atoms with Crippen LogP contribution in [0.2, 0.25) is 5.02 Å². The van der Waals surface area contributed by atoms with Gasteiger partial charge in [0.25, 0.3) is 15.9 Å². The average Bonchev–Trinajstić information content (AvgIpc) is 3.79. The first-order chi connectivity index (χ1) is 21.3. The molecule has 0 radical (unpaired) electrons. The fraction of sp³-hybridized carbons (Fsp3) is 0.400. The van der Waals surface area contributed by atoms with Gasteiger partial charge >= 0.3 is 12.8 Å². The molecule has 15 heteroatoms. The molecule has 6 rings (SSSR count). The Morgan fingerprint density at radius 1 is 1.13 bits per heavy atom. The number of hydrogen-bond acceptors (Lipinski definition) is 6. The number of halogens is 6. The smallest absolute Gasteiger partial charge is 0.417 e. The van der Waals surface area contributed by atoms with Crippen molar-refractivity contribution in [3.8, 4) is 5.75 Å². The van der Waals surface area contributed by atoms with E-state index >= 15 is 0 Å². The molecule has 1 aliphatic carbocycles. The zero-order chi connectivity index (χ0) is 32.1. The average molecular weight is 688 g/mol. The molecule has 0 bridgehead atoms. The summed E-state index contributed by atoms with van der Waals surface area (Å²) in [5.41, 5.74) is -0.111. The number of anilines is 1. The van der Waals surface area contributed by atoms with E-state index in [0.717, 1.165) is 42.0 Å². The SMILES string of the molecule is O=C(NCc1ncc(C(F)(F)F)cc1Cl)c1ccc2c(c1)C1(CCSCC1)C(C1CC1)N2S(=O)(=O)c1cccc(OC(F)F)c1. The van der Waals surface area contributed by atoms with Crippen LogP contribution >= 0.6 is 23.4 Å². The number of benzene rings is 2. The van der Waals surface area contributed by atoms with Crippen LogP contribution in [-0.2, 0) is 28.2 Å². The molecule has 1 unspecified atom stereocenters. The lowest BCUT2D eigenvalue weighted by Crippen LogP contribution is -2.50. The van der Waals surface area contributed by atoms with Crippen molar-refractivity contribution in [1.82, 2.24) is 10.3 Å². The summed E-state index contributed by atoms with van der Waals surface area (Å²) in [7, 11) is -4.24. The number of alkyl halides is 5. The van der Waals surface area contributed by atoms with Crippen LogP contribution < -0.4 is 14.4 Å². The van der Waals surface area contributed by atoms with E-state index in [4.69, 9.17) is 11.6 Å². The lowest BCUT2D eigenvalue weighted by molar-refractivity contribution is -0.137. The van der Waals surface area contributed by atoms with Crippen LogP contribution in [0.3, 0.4) is 0 Å². The molecular formula is C30H27ClF5N3O4S2. The number of nitrogens with zero attached hydrogens (tertiary/aromatic N) is 2. The number of pyridine rings is 1. The maximum atomic E-state index is 14.3. The van der Waals surface area contributed by atoms with Crippen LogP contribution in [0.4, 0.5) is 27.6 Å². The van der Waals surface area contributed by atoms with Crippen molar-refractivity contribution >= 4 is 45.0 Å². The second-order valence-corrected chi connectivity index (χ2v) is 14.7. The highest BCUT2D eigenvalue weighted by Gasteiger charge is 2.59. The Labute approximate surface area is 265 Å². The maximum absolute atomic E-state index is 14.3. The first-order valence-corrected chi connectivity index (χ1v) is 17.1. The van der Waals surface area contributed by atoms with Gasteiger partial charge in [0.05, 0.1) is 39.4 Å². The number of carbonyl (C=O) groups excluding carboxylic acids is 1. The van der Waals surface area contributed by atoms with Gasteiger partial charge in [-0.05, 0) is 85.1 Å². The number of aromatic nitrogens is 1. The molecule has 1 aromatic heterocycles. The van der Waals surface area contributed by atoms with Crippen molar-refractivity contribution in [1.29, 1.82) is 0 Å². The highest BCUT2D eigenvalue weighted by molar-refractivity contribution is 7.99. The Balaban J connectivity index is 1.35. The molecule has 1 saturated carbocycles. The van der Waals surface area contributed by atoms with Crippen LogP contribution in [0.15, 0.2) is 59.6 Å². The summed E-state index contributed by atoms with van der Waals surface area (Å²) in [5.74, 6) is 0.871. The van der Waals surface area contributed by atoms with E-state index in [1.165, 1.54) is 28.6 Å². The van der Waals surface area contributed by atoms with Crippen LogP contribution in [-0.4, -0.2) is 43.5 Å². The minimum Gasteiger partial charge on any atom is -0.435 e. The molecule has 1 saturated heterocycles. The fourth-order valence-electron chi connectivity index (χ4n) is 6.38. The third kappa shape index (κ3) is 6.08. The van der Waals surface area contributed by atoms with Crippen LogP contribution in [0.1, 0.15) is 52.9 Å².